The first-order valence-corrected chi connectivity index (χ1v) is 7.28. The molecule has 2 aliphatic rings. The van der Waals surface area contributed by atoms with Gasteiger partial charge >= 0.3 is 5.97 Å². The standard InChI is InChI=1S/C14H25NO3/c1-2-11-4-3-5-12(7-6-11)15-8-9-18-10-13(15)14(16)17/h11-13H,2-10H2,1H3,(H,16,17). The molecule has 4 nitrogen and oxygen atoms in total. The largest absolute Gasteiger partial charge is 0.480 e. The number of rotatable bonds is 3. The fourth-order valence-electron chi connectivity index (χ4n) is 3.37. The van der Waals surface area contributed by atoms with E-state index in [2.05, 4.69) is 11.8 Å². The monoisotopic (exact) mass is 255 g/mol. The third-order valence-corrected chi connectivity index (χ3v) is 4.56. The highest BCUT2D eigenvalue weighted by molar-refractivity contribution is 5.73. The van der Waals surface area contributed by atoms with E-state index >= 15 is 0 Å². The van der Waals surface area contributed by atoms with Gasteiger partial charge in [-0.1, -0.05) is 26.2 Å². The van der Waals surface area contributed by atoms with Gasteiger partial charge in [0.15, 0.2) is 0 Å². The molecule has 0 aromatic heterocycles. The van der Waals surface area contributed by atoms with Crippen LogP contribution in [-0.4, -0.2) is 47.8 Å². The zero-order valence-corrected chi connectivity index (χ0v) is 11.3. The fourth-order valence-corrected chi connectivity index (χ4v) is 3.37. The predicted molar refractivity (Wildman–Crippen MR) is 69.6 cm³/mol. The van der Waals surface area contributed by atoms with E-state index in [4.69, 9.17) is 4.74 Å². The van der Waals surface area contributed by atoms with E-state index in [1.165, 1.54) is 25.7 Å². The van der Waals surface area contributed by atoms with E-state index < -0.39 is 12.0 Å². The van der Waals surface area contributed by atoms with Gasteiger partial charge in [-0.3, -0.25) is 9.69 Å². The van der Waals surface area contributed by atoms with E-state index in [9.17, 15) is 9.90 Å². The average molecular weight is 255 g/mol. The average Bonchev–Trinajstić information content (AvgIpc) is 2.63. The van der Waals surface area contributed by atoms with E-state index in [0.717, 1.165) is 25.3 Å². The van der Waals surface area contributed by atoms with Crippen LogP contribution < -0.4 is 0 Å². The molecule has 3 atom stereocenters. The lowest BCUT2D eigenvalue weighted by Crippen LogP contribution is -2.54. The molecule has 4 heteroatoms. The van der Waals surface area contributed by atoms with Crippen molar-refractivity contribution < 1.29 is 14.6 Å². The Labute approximate surface area is 109 Å². The summed E-state index contributed by atoms with van der Waals surface area (Å²) in [6.07, 6.45) is 7.38. The molecule has 0 spiro atoms. The van der Waals surface area contributed by atoms with Gasteiger partial charge in [0.05, 0.1) is 13.2 Å². The lowest BCUT2D eigenvalue weighted by atomic mass is 9.97. The van der Waals surface area contributed by atoms with Crippen molar-refractivity contribution in [1.29, 1.82) is 0 Å². The number of carboxylic acids is 1. The van der Waals surface area contributed by atoms with Gasteiger partial charge in [0.2, 0.25) is 0 Å². The Morgan fingerprint density at radius 2 is 2.17 bits per heavy atom. The molecule has 1 saturated heterocycles. The fraction of sp³-hybridized carbons (Fsp3) is 0.929. The second-order valence-electron chi connectivity index (χ2n) is 5.60. The van der Waals surface area contributed by atoms with Crippen molar-refractivity contribution in [2.75, 3.05) is 19.8 Å². The highest BCUT2D eigenvalue weighted by atomic mass is 16.5. The number of hydrogen-bond acceptors (Lipinski definition) is 3. The molecule has 0 amide bonds. The maximum Gasteiger partial charge on any atom is 0.323 e. The molecular weight excluding hydrogens is 230 g/mol. The first-order valence-electron chi connectivity index (χ1n) is 7.28. The molecule has 104 valence electrons. The second kappa shape index (κ2) is 6.53. The summed E-state index contributed by atoms with van der Waals surface area (Å²) in [4.78, 5) is 13.5. The van der Waals surface area contributed by atoms with Crippen molar-refractivity contribution in [2.24, 2.45) is 5.92 Å². The molecule has 1 saturated carbocycles. The van der Waals surface area contributed by atoms with E-state index in [-0.39, 0.29) is 0 Å². The molecule has 1 aliphatic heterocycles. The van der Waals surface area contributed by atoms with Gasteiger partial charge in [0.1, 0.15) is 6.04 Å². The summed E-state index contributed by atoms with van der Waals surface area (Å²) < 4.78 is 5.32. The van der Waals surface area contributed by atoms with Gasteiger partial charge in [-0.2, -0.15) is 0 Å². The van der Waals surface area contributed by atoms with Crippen molar-refractivity contribution in [3.05, 3.63) is 0 Å². The van der Waals surface area contributed by atoms with Crippen molar-refractivity contribution in [3.63, 3.8) is 0 Å². The molecule has 2 fully saturated rings. The maximum atomic E-state index is 11.3. The molecule has 1 aliphatic carbocycles. The minimum Gasteiger partial charge on any atom is -0.480 e. The predicted octanol–water partition coefficient (Wildman–Crippen LogP) is 2.13. The van der Waals surface area contributed by atoms with Crippen LogP contribution in [0.25, 0.3) is 0 Å². The van der Waals surface area contributed by atoms with Crippen LogP contribution in [0.2, 0.25) is 0 Å². The van der Waals surface area contributed by atoms with E-state index in [0.29, 0.717) is 19.3 Å². The minimum atomic E-state index is -0.731. The zero-order chi connectivity index (χ0) is 13.0. The van der Waals surface area contributed by atoms with Gasteiger partial charge in [-0.05, 0) is 25.2 Å². The Morgan fingerprint density at radius 1 is 1.33 bits per heavy atom. The number of aliphatic carboxylic acids is 1. The molecule has 18 heavy (non-hydrogen) atoms. The lowest BCUT2D eigenvalue weighted by Gasteiger charge is -2.38. The maximum absolute atomic E-state index is 11.3. The lowest BCUT2D eigenvalue weighted by molar-refractivity contribution is -0.151. The summed E-state index contributed by atoms with van der Waals surface area (Å²) in [5, 5.41) is 9.29. The number of carbonyl (C=O) groups is 1. The number of nitrogens with zero attached hydrogens (tertiary/aromatic N) is 1. The van der Waals surface area contributed by atoms with Crippen molar-refractivity contribution >= 4 is 5.97 Å². The molecule has 0 bridgehead atoms. The Kier molecular flexibility index (Phi) is 5.01. The van der Waals surface area contributed by atoms with Gasteiger partial charge in [-0.25, -0.2) is 0 Å². The molecule has 0 aromatic rings. The van der Waals surface area contributed by atoms with Gasteiger partial charge in [0.25, 0.3) is 0 Å². The molecule has 0 radical (unpaired) electrons. The van der Waals surface area contributed by atoms with Gasteiger partial charge in [0, 0.05) is 12.6 Å². The van der Waals surface area contributed by atoms with E-state index in [1.54, 1.807) is 0 Å². The number of carboxylic acid groups (broad SMARTS) is 1. The summed E-state index contributed by atoms with van der Waals surface area (Å²) >= 11 is 0. The first-order chi connectivity index (χ1) is 8.72. The normalized spacial score (nSPS) is 35.1. The Bertz CT molecular complexity index is 282. The Hall–Kier alpha value is -0.610. The topological polar surface area (TPSA) is 49.8 Å². The van der Waals surface area contributed by atoms with Crippen molar-refractivity contribution in [2.45, 2.75) is 57.5 Å². The third kappa shape index (κ3) is 3.23. The van der Waals surface area contributed by atoms with Crippen LogP contribution in [0.15, 0.2) is 0 Å². The van der Waals surface area contributed by atoms with Crippen LogP contribution in [-0.2, 0) is 9.53 Å². The Morgan fingerprint density at radius 3 is 2.89 bits per heavy atom. The van der Waals surface area contributed by atoms with Gasteiger partial charge in [-0.15, -0.1) is 0 Å². The summed E-state index contributed by atoms with van der Waals surface area (Å²) in [5.41, 5.74) is 0. The van der Waals surface area contributed by atoms with E-state index in [1.807, 2.05) is 0 Å². The Balaban J connectivity index is 1.97. The third-order valence-electron chi connectivity index (χ3n) is 4.56. The van der Waals surface area contributed by atoms with Crippen molar-refractivity contribution in [1.82, 2.24) is 4.90 Å². The van der Waals surface area contributed by atoms with Crippen LogP contribution in [0.5, 0.6) is 0 Å². The second-order valence-corrected chi connectivity index (χ2v) is 5.60. The molecule has 1 N–H and O–H groups in total. The van der Waals surface area contributed by atoms with Crippen LogP contribution >= 0.6 is 0 Å². The molecule has 1 heterocycles. The molecule has 2 rings (SSSR count). The summed E-state index contributed by atoms with van der Waals surface area (Å²) in [7, 11) is 0. The smallest absolute Gasteiger partial charge is 0.323 e. The van der Waals surface area contributed by atoms with Gasteiger partial charge < -0.3 is 9.84 Å². The first kappa shape index (κ1) is 13.8. The van der Waals surface area contributed by atoms with Crippen LogP contribution in [0, 0.1) is 5.92 Å². The highest BCUT2D eigenvalue weighted by Gasteiger charge is 2.34. The molecular formula is C14H25NO3. The quantitative estimate of drug-likeness (QED) is 0.785. The van der Waals surface area contributed by atoms with Crippen molar-refractivity contribution in [3.8, 4) is 0 Å². The van der Waals surface area contributed by atoms with Crippen LogP contribution in [0.3, 0.4) is 0 Å². The summed E-state index contributed by atoms with van der Waals surface area (Å²) in [6, 6.07) is 0.0217. The molecule has 0 aromatic carbocycles. The zero-order valence-electron chi connectivity index (χ0n) is 11.3. The number of hydrogen-bond donors (Lipinski definition) is 1. The SMILES string of the molecule is CCC1CCCC(N2CCOCC2C(=O)O)CC1. The van der Waals surface area contributed by atoms with Crippen LogP contribution in [0.4, 0.5) is 0 Å². The van der Waals surface area contributed by atoms with Crippen LogP contribution in [0.1, 0.15) is 45.4 Å². The molecule has 3 unspecified atom stereocenters. The minimum absolute atomic E-state index is 0.350. The summed E-state index contributed by atoms with van der Waals surface area (Å²) in [5.74, 6) is 0.116. The summed E-state index contributed by atoms with van der Waals surface area (Å²) in [6.45, 7) is 4.07. The highest BCUT2D eigenvalue weighted by Crippen LogP contribution is 2.29. The number of morpholine rings is 1. The number of ether oxygens (including phenoxy) is 1.